The summed E-state index contributed by atoms with van der Waals surface area (Å²) in [6.07, 6.45) is 5.17. The fraction of sp³-hybridized carbons (Fsp3) is 0.375. The number of rotatable bonds is 3. The first-order chi connectivity index (χ1) is 11.7. The summed E-state index contributed by atoms with van der Waals surface area (Å²) >= 11 is 0. The quantitative estimate of drug-likeness (QED) is 0.718. The van der Waals surface area contributed by atoms with Gasteiger partial charge in [0, 0.05) is 19.3 Å². The molecular formula is C16H17N5O3. The molecule has 2 aromatic heterocycles. The Morgan fingerprint density at radius 1 is 1.25 bits per heavy atom. The van der Waals surface area contributed by atoms with Gasteiger partial charge in [-0.05, 0) is 25.0 Å². The Morgan fingerprint density at radius 3 is 2.79 bits per heavy atom. The molecule has 0 saturated carbocycles. The van der Waals surface area contributed by atoms with Crippen molar-refractivity contribution in [3.63, 3.8) is 0 Å². The molecule has 8 nitrogen and oxygen atoms in total. The summed E-state index contributed by atoms with van der Waals surface area (Å²) in [4.78, 5) is 26.3. The number of piperidine rings is 1. The van der Waals surface area contributed by atoms with E-state index in [1.807, 2.05) is 16.9 Å². The summed E-state index contributed by atoms with van der Waals surface area (Å²) in [7, 11) is 0. The summed E-state index contributed by atoms with van der Waals surface area (Å²) in [5, 5.41) is 7.85. The van der Waals surface area contributed by atoms with Crippen molar-refractivity contribution in [3.8, 4) is 0 Å². The summed E-state index contributed by atoms with van der Waals surface area (Å²) in [5.74, 6) is -0.567. The first kappa shape index (κ1) is 14.7. The molecule has 1 saturated heterocycles. The Labute approximate surface area is 137 Å². The number of nitrogens with zero attached hydrogens (tertiary/aromatic N) is 5. The maximum Gasteiger partial charge on any atom is 0.420 e. The van der Waals surface area contributed by atoms with Crippen LogP contribution in [0.2, 0.25) is 0 Å². The Kier molecular flexibility index (Phi) is 3.64. The summed E-state index contributed by atoms with van der Waals surface area (Å²) < 4.78 is 8.40. The van der Waals surface area contributed by atoms with E-state index in [1.165, 1.54) is 4.57 Å². The van der Waals surface area contributed by atoms with Crippen molar-refractivity contribution in [1.82, 2.24) is 24.5 Å². The van der Waals surface area contributed by atoms with Crippen molar-refractivity contribution in [2.24, 2.45) is 0 Å². The molecule has 0 N–H and O–H groups in total. The van der Waals surface area contributed by atoms with Crippen molar-refractivity contribution in [3.05, 3.63) is 47.2 Å². The van der Waals surface area contributed by atoms with Gasteiger partial charge in [0.1, 0.15) is 6.54 Å². The molecule has 1 fully saturated rings. The van der Waals surface area contributed by atoms with E-state index in [-0.39, 0.29) is 18.5 Å². The summed E-state index contributed by atoms with van der Waals surface area (Å²) in [6, 6.07) is 7.40. The highest BCUT2D eigenvalue weighted by Gasteiger charge is 2.25. The Hall–Kier alpha value is -2.90. The Bertz CT molecular complexity index is 903. The number of hydrogen-bond acceptors (Lipinski definition) is 5. The molecule has 0 aliphatic carbocycles. The molecule has 3 heterocycles. The minimum absolute atomic E-state index is 0.00381. The molecule has 1 amide bonds. The van der Waals surface area contributed by atoms with Crippen LogP contribution in [0.3, 0.4) is 0 Å². The Balaban J connectivity index is 1.45. The lowest BCUT2D eigenvalue weighted by molar-refractivity contribution is -0.133. The van der Waals surface area contributed by atoms with Crippen LogP contribution in [0, 0.1) is 0 Å². The third-order valence-electron chi connectivity index (χ3n) is 4.50. The van der Waals surface area contributed by atoms with Gasteiger partial charge < -0.3 is 9.32 Å². The molecule has 4 rings (SSSR count). The fourth-order valence-corrected chi connectivity index (χ4v) is 3.19. The van der Waals surface area contributed by atoms with E-state index in [9.17, 15) is 9.59 Å². The second kappa shape index (κ2) is 5.95. The van der Waals surface area contributed by atoms with Gasteiger partial charge in [0.15, 0.2) is 5.58 Å². The van der Waals surface area contributed by atoms with Gasteiger partial charge in [-0.1, -0.05) is 17.3 Å². The highest BCUT2D eigenvalue weighted by atomic mass is 16.4. The highest BCUT2D eigenvalue weighted by molar-refractivity contribution is 5.79. The van der Waals surface area contributed by atoms with E-state index in [0.717, 1.165) is 12.8 Å². The van der Waals surface area contributed by atoms with Crippen molar-refractivity contribution < 1.29 is 9.21 Å². The summed E-state index contributed by atoms with van der Waals surface area (Å²) in [5.41, 5.74) is 1.15. The van der Waals surface area contributed by atoms with E-state index in [0.29, 0.717) is 24.2 Å². The lowest BCUT2D eigenvalue weighted by Crippen LogP contribution is -2.41. The molecule has 1 aliphatic heterocycles. The van der Waals surface area contributed by atoms with Gasteiger partial charge in [0.05, 0.1) is 17.8 Å². The molecule has 3 aromatic rings. The minimum Gasteiger partial charge on any atom is -0.408 e. The maximum absolute atomic E-state index is 12.5. The standard InChI is InChI=1S/C16H17N5O3/c22-15(11-20-13-3-1-2-4-14(13)24-16(20)23)19-8-5-12(6-9-19)21-10-7-17-18-21/h1-4,7,10,12H,5-6,8-9,11H2. The van der Waals surface area contributed by atoms with E-state index < -0.39 is 5.76 Å². The fourth-order valence-electron chi connectivity index (χ4n) is 3.19. The third kappa shape index (κ3) is 2.60. The zero-order valence-electron chi connectivity index (χ0n) is 13.0. The van der Waals surface area contributed by atoms with Crippen LogP contribution in [0.15, 0.2) is 45.9 Å². The number of aromatic nitrogens is 4. The van der Waals surface area contributed by atoms with E-state index in [4.69, 9.17) is 4.42 Å². The van der Waals surface area contributed by atoms with Gasteiger partial charge in [0.2, 0.25) is 5.91 Å². The number of carbonyl (C=O) groups is 1. The smallest absolute Gasteiger partial charge is 0.408 e. The molecular weight excluding hydrogens is 310 g/mol. The van der Waals surface area contributed by atoms with Gasteiger partial charge in [0.25, 0.3) is 0 Å². The SMILES string of the molecule is O=C(Cn1c(=O)oc2ccccc21)N1CCC(n2ccnn2)CC1. The van der Waals surface area contributed by atoms with Crippen LogP contribution >= 0.6 is 0 Å². The number of oxazole rings is 1. The zero-order valence-corrected chi connectivity index (χ0v) is 13.0. The first-order valence-corrected chi connectivity index (χ1v) is 7.94. The molecule has 0 radical (unpaired) electrons. The van der Waals surface area contributed by atoms with Crippen LogP contribution in [0.25, 0.3) is 11.1 Å². The average molecular weight is 327 g/mol. The van der Waals surface area contributed by atoms with Gasteiger partial charge in [-0.3, -0.25) is 9.36 Å². The molecule has 8 heteroatoms. The predicted molar refractivity (Wildman–Crippen MR) is 85.3 cm³/mol. The first-order valence-electron chi connectivity index (χ1n) is 7.94. The number of likely N-dealkylation sites (tertiary alicyclic amines) is 1. The zero-order chi connectivity index (χ0) is 16.5. The van der Waals surface area contributed by atoms with Gasteiger partial charge in [-0.2, -0.15) is 0 Å². The number of benzene rings is 1. The van der Waals surface area contributed by atoms with E-state index in [2.05, 4.69) is 10.3 Å². The molecule has 124 valence electrons. The third-order valence-corrected chi connectivity index (χ3v) is 4.50. The number of carbonyl (C=O) groups excluding carboxylic acids is 1. The normalized spacial score (nSPS) is 15.9. The number of hydrogen-bond donors (Lipinski definition) is 0. The molecule has 0 bridgehead atoms. The molecule has 0 atom stereocenters. The lowest BCUT2D eigenvalue weighted by atomic mass is 10.1. The molecule has 0 spiro atoms. The van der Waals surface area contributed by atoms with Crippen LogP contribution in [0.5, 0.6) is 0 Å². The topological polar surface area (TPSA) is 86.2 Å². The van der Waals surface area contributed by atoms with Crippen LogP contribution in [0.1, 0.15) is 18.9 Å². The number of para-hydroxylation sites is 2. The molecule has 1 aromatic carbocycles. The second-order valence-corrected chi connectivity index (χ2v) is 5.92. The van der Waals surface area contributed by atoms with E-state index >= 15 is 0 Å². The summed E-state index contributed by atoms with van der Waals surface area (Å²) in [6.45, 7) is 1.30. The van der Waals surface area contributed by atoms with Crippen LogP contribution in [0.4, 0.5) is 0 Å². The number of fused-ring (bicyclic) bond motifs is 1. The van der Waals surface area contributed by atoms with Gasteiger partial charge in [-0.25, -0.2) is 9.48 Å². The van der Waals surface area contributed by atoms with Gasteiger partial charge >= 0.3 is 5.76 Å². The second-order valence-electron chi connectivity index (χ2n) is 5.92. The predicted octanol–water partition coefficient (Wildman–Crippen LogP) is 1.05. The molecule has 0 unspecified atom stereocenters. The van der Waals surface area contributed by atoms with Crippen LogP contribution in [-0.4, -0.2) is 43.5 Å². The molecule has 24 heavy (non-hydrogen) atoms. The van der Waals surface area contributed by atoms with Crippen molar-refractivity contribution >= 4 is 17.0 Å². The minimum atomic E-state index is -0.498. The van der Waals surface area contributed by atoms with Crippen LogP contribution in [-0.2, 0) is 11.3 Å². The van der Waals surface area contributed by atoms with E-state index in [1.54, 1.807) is 29.3 Å². The van der Waals surface area contributed by atoms with Gasteiger partial charge in [-0.15, -0.1) is 5.10 Å². The lowest BCUT2D eigenvalue weighted by Gasteiger charge is -2.31. The number of amides is 1. The Morgan fingerprint density at radius 2 is 2.04 bits per heavy atom. The highest BCUT2D eigenvalue weighted by Crippen LogP contribution is 2.21. The average Bonchev–Trinajstić information content (AvgIpc) is 3.24. The molecule has 1 aliphatic rings. The van der Waals surface area contributed by atoms with Crippen molar-refractivity contribution in [2.75, 3.05) is 13.1 Å². The van der Waals surface area contributed by atoms with Crippen molar-refractivity contribution in [1.29, 1.82) is 0 Å². The monoisotopic (exact) mass is 327 g/mol. The largest absolute Gasteiger partial charge is 0.420 e. The maximum atomic E-state index is 12.5. The van der Waals surface area contributed by atoms with Crippen LogP contribution < -0.4 is 5.76 Å². The van der Waals surface area contributed by atoms with Crippen molar-refractivity contribution in [2.45, 2.75) is 25.4 Å².